The normalized spacial score (nSPS) is 16.2. The standard InChI is InChI=1S/C14H16N2O2/c1-10-15-12-6-5-11(9-13(12)18-10)14(17)16-7-3-2-4-8-16/h5-6,9H,2-4,7-8H2,1H3. The number of nitrogens with zero attached hydrogens (tertiary/aromatic N) is 2. The quantitative estimate of drug-likeness (QED) is 0.775. The molecule has 0 saturated carbocycles. The molecule has 18 heavy (non-hydrogen) atoms. The minimum absolute atomic E-state index is 0.102. The highest BCUT2D eigenvalue weighted by atomic mass is 16.3. The molecule has 0 spiro atoms. The first-order valence-electron chi connectivity index (χ1n) is 6.40. The first kappa shape index (κ1) is 11.3. The minimum Gasteiger partial charge on any atom is -0.441 e. The van der Waals surface area contributed by atoms with E-state index in [2.05, 4.69) is 4.98 Å². The number of carbonyl (C=O) groups excluding carboxylic acids is 1. The van der Waals surface area contributed by atoms with E-state index in [1.165, 1.54) is 6.42 Å². The van der Waals surface area contributed by atoms with Crippen LogP contribution in [0, 0.1) is 6.92 Å². The fourth-order valence-electron chi connectivity index (χ4n) is 2.45. The van der Waals surface area contributed by atoms with Gasteiger partial charge in [-0.2, -0.15) is 0 Å². The number of rotatable bonds is 1. The highest BCUT2D eigenvalue weighted by molar-refractivity contribution is 5.97. The van der Waals surface area contributed by atoms with Gasteiger partial charge in [0.1, 0.15) is 5.52 Å². The molecule has 1 aromatic carbocycles. The summed E-state index contributed by atoms with van der Waals surface area (Å²) < 4.78 is 5.46. The van der Waals surface area contributed by atoms with Crippen LogP contribution in [-0.2, 0) is 0 Å². The molecule has 1 amide bonds. The monoisotopic (exact) mass is 244 g/mol. The molecular formula is C14H16N2O2. The number of benzene rings is 1. The number of fused-ring (bicyclic) bond motifs is 1. The van der Waals surface area contributed by atoms with Crippen molar-refractivity contribution < 1.29 is 9.21 Å². The third-order valence-electron chi connectivity index (χ3n) is 3.39. The Morgan fingerprint density at radius 2 is 2.06 bits per heavy atom. The molecule has 1 saturated heterocycles. The van der Waals surface area contributed by atoms with Crippen molar-refractivity contribution in [2.24, 2.45) is 0 Å². The third-order valence-corrected chi connectivity index (χ3v) is 3.39. The predicted octanol–water partition coefficient (Wildman–Crippen LogP) is 2.76. The summed E-state index contributed by atoms with van der Waals surface area (Å²) in [4.78, 5) is 18.5. The number of carbonyl (C=O) groups is 1. The van der Waals surface area contributed by atoms with Gasteiger partial charge in [-0.3, -0.25) is 4.79 Å². The van der Waals surface area contributed by atoms with E-state index in [4.69, 9.17) is 4.42 Å². The van der Waals surface area contributed by atoms with Gasteiger partial charge in [-0.15, -0.1) is 0 Å². The van der Waals surface area contributed by atoms with Gasteiger partial charge in [0.2, 0.25) is 0 Å². The average Bonchev–Trinajstić information content (AvgIpc) is 2.78. The van der Waals surface area contributed by atoms with Gasteiger partial charge in [-0.1, -0.05) is 0 Å². The van der Waals surface area contributed by atoms with Gasteiger partial charge in [0.25, 0.3) is 5.91 Å². The van der Waals surface area contributed by atoms with Crippen LogP contribution in [-0.4, -0.2) is 28.9 Å². The van der Waals surface area contributed by atoms with Crippen molar-refractivity contribution in [2.45, 2.75) is 26.2 Å². The highest BCUT2D eigenvalue weighted by Gasteiger charge is 2.18. The molecule has 0 atom stereocenters. The molecule has 1 fully saturated rings. The van der Waals surface area contributed by atoms with Gasteiger partial charge < -0.3 is 9.32 Å². The number of piperidine rings is 1. The van der Waals surface area contributed by atoms with Gasteiger partial charge in [-0.05, 0) is 37.5 Å². The molecule has 2 heterocycles. The molecule has 0 bridgehead atoms. The van der Waals surface area contributed by atoms with Gasteiger partial charge >= 0.3 is 0 Å². The summed E-state index contributed by atoms with van der Waals surface area (Å²) in [6, 6.07) is 5.48. The highest BCUT2D eigenvalue weighted by Crippen LogP contribution is 2.19. The van der Waals surface area contributed by atoms with Crippen molar-refractivity contribution >= 4 is 17.0 Å². The molecule has 0 N–H and O–H groups in total. The first-order chi connectivity index (χ1) is 8.74. The fraction of sp³-hybridized carbons (Fsp3) is 0.429. The number of aromatic nitrogens is 1. The molecule has 94 valence electrons. The lowest BCUT2D eigenvalue weighted by Gasteiger charge is -2.26. The smallest absolute Gasteiger partial charge is 0.253 e. The van der Waals surface area contributed by atoms with E-state index in [-0.39, 0.29) is 5.91 Å². The van der Waals surface area contributed by atoms with Crippen LogP contribution in [0.15, 0.2) is 22.6 Å². The van der Waals surface area contributed by atoms with E-state index >= 15 is 0 Å². The predicted molar refractivity (Wildman–Crippen MR) is 68.5 cm³/mol. The number of aryl methyl sites for hydroxylation is 1. The summed E-state index contributed by atoms with van der Waals surface area (Å²) in [5.74, 6) is 0.734. The van der Waals surface area contributed by atoms with Gasteiger partial charge in [0.15, 0.2) is 11.5 Å². The van der Waals surface area contributed by atoms with Crippen LogP contribution >= 0.6 is 0 Å². The summed E-state index contributed by atoms with van der Waals surface area (Å²) in [6.45, 7) is 3.55. The summed E-state index contributed by atoms with van der Waals surface area (Å²) in [6.07, 6.45) is 3.44. The zero-order valence-electron chi connectivity index (χ0n) is 10.5. The Balaban J connectivity index is 1.90. The SMILES string of the molecule is Cc1nc2ccc(C(=O)N3CCCCC3)cc2o1. The summed E-state index contributed by atoms with van der Waals surface area (Å²) in [5, 5.41) is 0. The molecule has 4 nitrogen and oxygen atoms in total. The Morgan fingerprint density at radius 3 is 2.83 bits per heavy atom. The van der Waals surface area contributed by atoms with Crippen LogP contribution in [0.1, 0.15) is 35.5 Å². The molecule has 1 aromatic heterocycles. The second kappa shape index (κ2) is 4.44. The molecule has 0 aliphatic carbocycles. The van der Waals surface area contributed by atoms with Crippen LogP contribution < -0.4 is 0 Å². The second-order valence-corrected chi connectivity index (χ2v) is 4.77. The average molecular weight is 244 g/mol. The zero-order valence-corrected chi connectivity index (χ0v) is 10.5. The van der Waals surface area contributed by atoms with Crippen molar-refractivity contribution in [3.63, 3.8) is 0 Å². The third kappa shape index (κ3) is 1.98. The molecule has 1 aliphatic rings. The number of hydrogen-bond donors (Lipinski definition) is 0. The van der Waals surface area contributed by atoms with Crippen molar-refractivity contribution in [3.8, 4) is 0 Å². The number of oxazole rings is 1. The van der Waals surface area contributed by atoms with E-state index < -0.39 is 0 Å². The zero-order chi connectivity index (χ0) is 12.5. The largest absolute Gasteiger partial charge is 0.441 e. The van der Waals surface area contributed by atoms with E-state index in [9.17, 15) is 4.79 Å². The Bertz CT molecular complexity index is 582. The molecule has 2 aromatic rings. The van der Waals surface area contributed by atoms with E-state index in [0.29, 0.717) is 17.0 Å². The molecular weight excluding hydrogens is 228 g/mol. The summed E-state index contributed by atoms with van der Waals surface area (Å²) in [5.41, 5.74) is 2.19. The lowest BCUT2D eigenvalue weighted by Crippen LogP contribution is -2.35. The van der Waals surface area contributed by atoms with Gasteiger partial charge in [0, 0.05) is 25.6 Å². The van der Waals surface area contributed by atoms with E-state index in [1.807, 2.05) is 24.0 Å². The van der Waals surface area contributed by atoms with Crippen LogP contribution in [0.5, 0.6) is 0 Å². The Labute approximate surface area is 106 Å². The Morgan fingerprint density at radius 1 is 1.28 bits per heavy atom. The summed E-state index contributed by atoms with van der Waals surface area (Å²) in [7, 11) is 0. The maximum Gasteiger partial charge on any atom is 0.253 e. The van der Waals surface area contributed by atoms with Gasteiger partial charge in [0.05, 0.1) is 0 Å². The van der Waals surface area contributed by atoms with Crippen molar-refractivity contribution in [3.05, 3.63) is 29.7 Å². The maximum atomic E-state index is 12.3. The lowest BCUT2D eigenvalue weighted by atomic mass is 10.1. The van der Waals surface area contributed by atoms with E-state index in [0.717, 1.165) is 31.4 Å². The molecule has 0 unspecified atom stereocenters. The number of amides is 1. The van der Waals surface area contributed by atoms with Crippen molar-refractivity contribution in [1.29, 1.82) is 0 Å². The molecule has 3 rings (SSSR count). The minimum atomic E-state index is 0.102. The fourth-order valence-corrected chi connectivity index (χ4v) is 2.45. The second-order valence-electron chi connectivity index (χ2n) is 4.77. The van der Waals surface area contributed by atoms with Crippen molar-refractivity contribution in [1.82, 2.24) is 9.88 Å². The topological polar surface area (TPSA) is 46.3 Å². The number of hydrogen-bond acceptors (Lipinski definition) is 3. The van der Waals surface area contributed by atoms with Crippen LogP contribution in [0.25, 0.3) is 11.1 Å². The molecule has 4 heteroatoms. The van der Waals surface area contributed by atoms with Gasteiger partial charge in [-0.25, -0.2) is 4.98 Å². The maximum absolute atomic E-state index is 12.3. The summed E-state index contributed by atoms with van der Waals surface area (Å²) >= 11 is 0. The van der Waals surface area contributed by atoms with Crippen LogP contribution in [0.4, 0.5) is 0 Å². The van der Waals surface area contributed by atoms with E-state index in [1.54, 1.807) is 6.07 Å². The van der Waals surface area contributed by atoms with Crippen molar-refractivity contribution in [2.75, 3.05) is 13.1 Å². The van der Waals surface area contributed by atoms with Crippen LogP contribution in [0.2, 0.25) is 0 Å². The van der Waals surface area contributed by atoms with Crippen LogP contribution in [0.3, 0.4) is 0 Å². The lowest BCUT2D eigenvalue weighted by molar-refractivity contribution is 0.0724. The Kier molecular flexibility index (Phi) is 2.78. The number of likely N-dealkylation sites (tertiary alicyclic amines) is 1. The first-order valence-corrected chi connectivity index (χ1v) is 6.40. The molecule has 1 aliphatic heterocycles. The Hall–Kier alpha value is -1.84. The molecule has 0 radical (unpaired) electrons.